The summed E-state index contributed by atoms with van der Waals surface area (Å²) in [6.45, 7) is 6.66. The summed E-state index contributed by atoms with van der Waals surface area (Å²) >= 11 is 1.75. The molecule has 1 unspecified atom stereocenters. The maximum atomic E-state index is 12.9. The van der Waals surface area contributed by atoms with Crippen molar-refractivity contribution in [2.24, 2.45) is 0 Å². The van der Waals surface area contributed by atoms with E-state index in [0.717, 1.165) is 30.9 Å². The van der Waals surface area contributed by atoms with Gasteiger partial charge in [-0.25, -0.2) is 8.42 Å². The van der Waals surface area contributed by atoms with Crippen LogP contribution in [0.2, 0.25) is 0 Å². The van der Waals surface area contributed by atoms with Crippen molar-refractivity contribution in [1.82, 2.24) is 24.0 Å². The first-order valence-corrected chi connectivity index (χ1v) is 14.0. The van der Waals surface area contributed by atoms with Gasteiger partial charge in [-0.3, -0.25) is 14.5 Å². The van der Waals surface area contributed by atoms with Crippen LogP contribution >= 0.6 is 11.8 Å². The van der Waals surface area contributed by atoms with Crippen LogP contribution in [0, 0.1) is 0 Å². The molecule has 3 fully saturated rings. The van der Waals surface area contributed by atoms with Crippen molar-refractivity contribution in [2.75, 3.05) is 63.9 Å². The summed E-state index contributed by atoms with van der Waals surface area (Å²) in [5.74, 6) is 1.56. The van der Waals surface area contributed by atoms with Crippen molar-refractivity contribution in [2.45, 2.75) is 37.1 Å². The molecule has 1 atom stereocenters. The first-order chi connectivity index (χ1) is 15.4. The summed E-state index contributed by atoms with van der Waals surface area (Å²) in [7, 11) is -3.58. The number of nitrogens with zero attached hydrogens (tertiary/aromatic N) is 4. The minimum atomic E-state index is -3.58. The average molecular weight is 484 g/mol. The monoisotopic (exact) mass is 483 g/mol. The highest BCUT2D eigenvalue weighted by atomic mass is 32.2. The van der Waals surface area contributed by atoms with Gasteiger partial charge in [0.15, 0.2) is 0 Å². The van der Waals surface area contributed by atoms with E-state index in [2.05, 4.69) is 16.8 Å². The molecule has 0 bridgehead atoms. The lowest BCUT2D eigenvalue weighted by molar-refractivity contribution is -0.136. The Kier molecular flexibility index (Phi) is 7.48. The number of nitrogens with one attached hydrogen (secondary N) is 1. The molecule has 11 heteroatoms. The van der Waals surface area contributed by atoms with Gasteiger partial charge in [0.1, 0.15) is 10.6 Å². The largest absolute Gasteiger partial charge is 0.356 e. The molecule has 4 heterocycles. The third-order valence-electron chi connectivity index (χ3n) is 6.64. The van der Waals surface area contributed by atoms with Gasteiger partial charge in [-0.15, -0.1) is 0 Å². The van der Waals surface area contributed by atoms with Gasteiger partial charge in [-0.1, -0.05) is 0 Å². The van der Waals surface area contributed by atoms with Crippen LogP contribution in [0.3, 0.4) is 0 Å². The lowest BCUT2D eigenvalue weighted by Crippen LogP contribution is -2.53. The molecular formula is C21H33N5O4S2. The molecule has 0 spiro atoms. The van der Waals surface area contributed by atoms with Crippen LogP contribution in [-0.2, 0) is 14.8 Å². The number of carbonyl (C=O) groups excluding carboxylic acids is 2. The van der Waals surface area contributed by atoms with Crippen LogP contribution < -0.4 is 0 Å². The first kappa shape index (κ1) is 23.6. The number of piperidine rings is 1. The predicted molar refractivity (Wildman–Crippen MR) is 124 cm³/mol. The van der Waals surface area contributed by atoms with Gasteiger partial charge in [-0.2, -0.15) is 16.1 Å². The Bertz CT molecular complexity index is 920. The Balaban J connectivity index is 1.30. The van der Waals surface area contributed by atoms with Crippen molar-refractivity contribution >= 4 is 33.6 Å². The van der Waals surface area contributed by atoms with Crippen molar-refractivity contribution in [1.29, 1.82) is 0 Å². The van der Waals surface area contributed by atoms with E-state index >= 15 is 0 Å². The Morgan fingerprint density at radius 3 is 2.47 bits per heavy atom. The van der Waals surface area contributed by atoms with E-state index in [9.17, 15) is 18.0 Å². The van der Waals surface area contributed by atoms with Crippen molar-refractivity contribution in [3.63, 3.8) is 0 Å². The Labute approximate surface area is 194 Å². The molecule has 3 aliphatic rings. The number of amides is 2. The number of rotatable bonds is 5. The van der Waals surface area contributed by atoms with Crippen LogP contribution in [0.1, 0.15) is 36.7 Å². The quantitative estimate of drug-likeness (QED) is 0.669. The minimum Gasteiger partial charge on any atom is -0.356 e. The zero-order valence-corrected chi connectivity index (χ0v) is 20.3. The average Bonchev–Trinajstić information content (AvgIpc) is 3.31. The SMILES string of the molecule is CC1CCCCN1C(=O)CN1CCN(C(=O)c2cc(S(=O)(=O)N3CCSCC3)c[nH]2)CC1. The third-order valence-corrected chi connectivity index (χ3v) is 9.46. The van der Waals surface area contributed by atoms with Crippen LogP contribution in [0.15, 0.2) is 17.2 Å². The molecule has 3 saturated heterocycles. The fourth-order valence-corrected chi connectivity index (χ4v) is 7.18. The van der Waals surface area contributed by atoms with E-state index in [0.29, 0.717) is 57.5 Å². The molecule has 3 aliphatic heterocycles. The Morgan fingerprint density at radius 2 is 1.78 bits per heavy atom. The fraction of sp³-hybridized carbons (Fsp3) is 0.714. The molecule has 9 nitrogen and oxygen atoms in total. The molecule has 0 saturated carbocycles. The predicted octanol–water partition coefficient (Wildman–Crippen LogP) is 0.911. The smallest absolute Gasteiger partial charge is 0.270 e. The summed E-state index contributed by atoms with van der Waals surface area (Å²) in [5.41, 5.74) is 0.293. The molecule has 1 N–H and O–H groups in total. The van der Waals surface area contributed by atoms with Crippen LogP contribution in [-0.4, -0.2) is 114 Å². The van der Waals surface area contributed by atoms with Crippen molar-refractivity contribution in [3.05, 3.63) is 18.0 Å². The number of carbonyl (C=O) groups is 2. The molecule has 1 aromatic heterocycles. The van der Waals surface area contributed by atoms with Gasteiger partial charge >= 0.3 is 0 Å². The van der Waals surface area contributed by atoms with E-state index in [4.69, 9.17) is 0 Å². The van der Waals surface area contributed by atoms with Crippen LogP contribution in [0.4, 0.5) is 0 Å². The van der Waals surface area contributed by atoms with E-state index in [1.807, 2.05) is 4.90 Å². The van der Waals surface area contributed by atoms with Crippen LogP contribution in [0.25, 0.3) is 0 Å². The minimum absolute atomic E-state index is 0.146. The van der Waals surface area contributed by atoms with Gasteiger partial charge in [0.2, 0.25) is 15.9 Å². The summed E-state index contributed by atoms with van der Waals surface area (Å²) in [5, 5.41) is 0. The first-order valence-electron chi connectivity index (χ1n) is 11.4. The molecule has 1 aromatic rings. The topological polar surface area (TPSA) is 97.0 Å². The number of sulfonamides is 1. The van der Waals surface area contributed by atoms with Gasteiger partial charge in [0.05, 0.1) is 6.54 Å². The molecule has 178 valence electrons. The number of piperazine rings is 1. The number of aromatic amines is 1. The number of hydrogen-bond acceptors (Lipinski definition) is 6. The maximum absolute atomic E-state index is 12.9. The Morgan fingerprint density at radius 1 is 1.06 bits per heavy atom. The highest BCUT2D eigenvalue weighted by Crippen LogP contribution is 2.22. The summed E-state index contributed by atoms with van der Waals surface area (Å²) in [6, 6.07) is 1.76. The number of aromatic nitrogens is 1. The van der Waals surface area contributed by atoms with Crippen molar-refractivity contribution in [3.8, 4) is 0 Å². The lowest BCUT2D eigenvalue weighted by Gasteiger charge is -2.38. The standard InChI is InChI=1S/C21H33N5O4S2/c1-17-4-2-3-5-26(17)20(27)16-23-6-8-24(9-7-23)21(28)19-14-18(15-22-19)32(29,30)25-10-12-31-13-11-25/h14-15,17,22H,2-13,16H2,1H3. The fourth-order valence-electron chi connectivity index (χ4n) is 4.61. The molecule has 0 radical (unpaired) electrons. The van der Waals surface area contributed by atoms with Gasteiger partial charge in [0, 0.05) is 69.6 Å². The van der Waals surface area contributed by atoms with Gasteiger partial charge in [-0.05, 0) is 32.3 Å². The zero-order chi connectivity index (χ0) is 22.7. The maximum Gasteiger partial charge on any atom is 0.270 e. The molecular weight excluding hydrogens is 450 g/mol. The number of thioether (sulfide) groups is 1. The lowest BCUT2D eigenvalue weighted by atomic mass is 10.0. The highest BCUT2D eigenvalue weighted by Gasteiger charge is 2.30. The van der Waals surface area contributed by atoms with E-state index in [-0.39, 0.29) is 16.7 Å². The second-order valence-electron chi connectivity index (χ2n) is 8.77. The molecule has 2 amide bonds. The molecule has 0 aliphatic carbocycles. The molecule has 4 rings (SSSR count). The second kappa shape index (κ2) is 10.1. The molecule has 0 aromatic carbocycles. The number of H-pyrrole nitrogens is 1. The Hall–Kier alpha value is -1.56. The highest BCUT2D eigenvalue weighted by molar-refractivity contribution is 7.99. The van der Waals surface area contributed by atoms with Gasteiger partial charge < -0.3 is 14.8 Å². The van der Waals surface area contributed by atoms with Gasteiger partial charge in [0.25, 0.3) is 5.91 Å². The summed E-state index contributed by atoms with van der Waals surface area (Å²) in [6.07, 6.45) is 4.74. The van der Waals surface area contributed by atoms with Crippen LogP contribution in [0.5, 0.6) is 0 Å². The van der Waals surface area contributed by atoms with E-state index in [1.54, 1.807) is 16.7 Å². The van der Waals surface area contributed by atoms with E-state index < -0.39 is 10.0 Å². The normalized spacial score (nSPS) is 24.0. The van der Waals surface area contributed by atoms with E-state index in [1.165, 1.54) is 23.0 Å². The van der Waals surface area contributed by atoms with Crippen molar-refractivity contribution < 1.29 is 18.0 Å². The third kappa shape index (κ3) is 5.16. The summed E-state index contributed by atoms with van der Waals surface area (Å²) < 4.78 is 27.1. The molecule has 32 heavy (non-hydrogen) atoms. The zero-order valence-electron chi connectivity index (χ0n) is 18.7. The number of likely N-dealkylation sites (tertiary alicyclic amines) is 1. The number of hydrogen-bond donors (Lipinski definition) is 1. The summed E-state index contributed by atoms with van der Waals surface area (Å²) in [4.78, 5) is 34.4. The second-order valence-corrected chi connectivity index (χ2v) is 11.9.